The molecular weight excluding hydrogens is 180 g/mol. The molecule has 0 bridgehead atoms. The zero-order chi connectivity index (χ0) is 9.97. The first-order valence-electron chi connectivity index (χ1n) is 4.82. The predicted molar refractivity (Wildman–Crippen MR) is 51.9 cm³/mol. The van der Waals surface area contributed by atoms with Gasteiger partial charge in [-0.3, -0.25) is 9.48 Å². The molecule has 0 aliphatic carbocycles. The van der Waals surface area contributed by atoms with E-state index in [-0.39, 0.29) is 0 Å². The van der Waals surface area contributed by atoms with Crippen molar-refractivity contribution in [2.45, 2.75) is 18.9 Å². The number of hydrogen-bond donors (Lipinski definition) is 2. The van der Waals surface area contributed by atoms with Crippen LogP contribution in [0, 0.1) is 0 Å². The molecule has 1 atom stereocenters. The van der Waals surface area contributed by atoms with Gasteiger partial charge < -0.3 is 11.1 Å². The number of piperidine rings is 1. The molecule has 14 heavy (non-hydrogen) atoms. The predicted octanol–water partition coefficient (Wildman–Crippen LogP) is -0.0935. The van der Waals surface area contributed by atoms with Crippen LogP contribution in [0.4, 0.5) is 0 Å². The Morgan fingerprint density at radius 2 is 2.57 bits per heavy atom. The number of primary amides is 1. The van der Waals surface area contributed by atoms with Gasteiger partial charge >= 0.3 is 0 Å². The summed E-state index contributed by atoms with van der Waals surface area (Å²) in [6, 6.07) is 0.358. The van der Waals surface area contributed by atoms with Crippen molar-refractivity contribution >= 4 is 5.91 Å². The molecule has 0 unspecified atom stereocenters. The molecule has 5 heteroatoms. The van der Waals surface area contributed by atoms with Crippen LogP contribution in [0.3, 0.4) is 0 Å². The molecule has 0 saturated carbocycles. The summed E-state index contributed by atoms with van der Waals surface area (Å²) < 4.78 is 1.83. The Hall–Kier alpha value is -1.36. The summed E-state index contributed by atoms with van der Waals surface area (Å²) in [6.45, 7) is 1.99. The standard InChI is InChI=1S/C9H14N4O/c10-9(14)7-4-12-13(6-7)8-2-1-3-11-5-8/h4,6,8,11H,1-3,5H2,(H2,10,14)/t8-/m0/s1. The molecule has 1 aromatic heterocycles. The summed E-state index contributed by atoms with van der Waals surface area (Å²) in [6.07, 6.45) is 5.50. The summed E-state index contributed by atoms with van der Waals surface area (Å²) in [4.78, 5) is 10.9. The van der Waals surface area contributed by atoms with Gasteiger partial charge in [0.05, 0.1) is 17.8 Å². The van der Waals surface area contributed by atoms with E-state index in [0.717, 1.165) is 25.9 Å². The molecule has 1 aliphatic rings. The van der Waals surface area contributed by atoms with Crippen LogP contribution in [0.2, 0.25) is 0 Å². The normalized spacial score (nSPS) is 22.1. The highest BCUT2D eigenvalue weighted by atomic mass is 16.1. The Kier molecular flexibility index (Phi) is 2.49. The monoisotopic (exact) mass is 194 g/mol. The Morgan fingerprint density at radius 1 is 1.71 bits per heavy atom. The van der Waals surface area contributed by atoms with E-state index in [2.05, 4.69) is 10.4 Å². The van der Waals surface area contributed by atoms with Gasteiger partial charge in [0.15, 0.2) is 0 Å². The Morgan fingerprint density at radius 3 is 3.14 bits per heavy atom. The molecule has 1 aromatic rings. The molecule has 2 rings (SSSR count). The quantitative estimate of drug-likeness (QED) is 0.691. The third kappa shape index (κ3) is 1.77. The van der Waals surface area contributed by atoms with Crippen LogP contribution < -0.4 is 11.1 Å². The summed E-state index contributed by atoms with van der Waals surface area (Å²) in [5.74, 6) is -0.417. The van der Waals surface area contributed by atoms with Gasteiger partial charge in [-0.1, -0.05) is 0 Å². The van der Waals surface area contributed by atoms with Gasteiger partial charge in [0, 0.05) is 12.7 Å². The first-order valence-corrected chi connectivity index (χ1v) is 4.82. The minimum absolute atomic E-state index is 0.358. The number of rotatable bonds is 2. The van der Waals surface area contributed by atoms with Crippen LogP contribution in [0.1, 0.15) is 29.2 Å². The third-order valence-electron chi connectivity index (χ3n) is 2.53. The second-order valence-electron chi connectivity index (χ2n) is 3.57. The van der Waals surface area contributed by atoms with Crippen molar-refractivity contribution in [1.82, 2.24) is 15.1 Å². The minimum atomic E-state index is -0.417. The fourth-order valence-corrected chi connectivity index (χ4v) is 1.72. The number of nitrogens with zero attached hydrogens (tertiary/aromatic N) is 2. The maximum atomic E-state index is 10.9. The van der Waals surface area contributed by atoms with Crippen molar-refractivity contribution in [3.63, 3.8) is 0 Å². The highest BCUT2D eigenvalue weighted by Crippen LogP contribution is 2.15. The topological polar surface area (TPSA) is 72.9 Å². The lowest BCUT2D eigenvalue weighted by Gasteiger charge is -2.22. The molecule has 76 valence electrons. The summed E-state index contributed by atoms with van der Waals surface area (Å²) in [7, 11) is 0. The molecule has 1 amide bonds. The lowest BCUT2D eigenvalue weighted by atomic mass is 10.1. The first-order chi connectivity index (χ1) is 6.77. The zero-order valence-corrected chi connectivity index (χ0v) is 7.94. The van der Waals surface area contributed by atoms with Gasteiger partial charge in [0.2, 0.25) is 0 Å². The van der Waals surface area contributed by atoms with Gasteiger partial charge in [0.1, 0.15) is 0 Å². The van der Waals surface area contributed by atoms with Crippen LogP contribution in [0.25, 0.3) is 0 Å². The van der Waals surface area contributed by atoms with E-state index in [1.165, 1.54) is 6.20 Å². The average Bonchev–Trinajstić information content (AvgIpc) is 2.68. The molecule has 1 aliphatic heterocycles. The second kappa shape index (κ2) is 3.79. The van der Waals surface area contributed by atoms with Crippen LogP contribution in [-0.4, -0.2) is 28.8 Å². The van der Waals surface area contributed by atoms with Gasteiger partial charge in [-0.25, -0.2) is 0 Å². The zero-order valence-electron chi connectivity index (χ0n) is 7.94. The molecule has 5 nitrogen and oxygen atoms in total. The van der Waals surface area contributed by atoms with Gasteiger partial charge in [0.25, 0.3) is 5.91 Å². The van der Waals surface area contributed by atoms with Gasteiger partial charge in [-0.05, 0) is 19.4 Å². The van der Waals surface area contributed by atoms with Crippen molar-refractivity contribution in [3.05, 3.63) is 18.0 Å². The van der Waals surface area contributed by atoms with E-state index in [1.807, 2.05) is 4.68 Å². The molecule has 1 saturated heterocycles. The maximum Gasteiger partial charge on any atom is 0.251 e. The van der Waals surface area contributed by atoms with E-state index < -0.39 is 5.91 Å². The smallest absolute Gasteiger partial charge is 0.251 e. The molecular formula is C9H14N4O. The number of carbonyl (C=O) groups excluding carboxylic acids is 1. The lowest BCUT2D eigenvalue weighted by molar-refractivity contribution is 0.1000. The number of carbonyl (C=O) groups is 1. The SMILES string of the molecule is NC(=O)c1cnn([C@H]2CCCNC2)c1. The molecule has 0 spiro atoms. The first kappa shape index (κ1) is 9.21. The van der Waals surface area contributed by atoms with Crippen LogP contribution in [0.5, 0.6) is 0 Å². The van der Waals surface area contributed by atoms with Crippen molar-refractivity contribution in [2.75, 3.05) is 13.1 Å². The summed E-state index contributed by atoms with van der Waals surface area (Å²) >= 11 is 0. The highest BCUT2D eigenvalue weighted by Gasteiger charge is 2.16. The molecule has 0 radical (unpaired) electrons. The minimum Gasteiger partial charge on any atom is -0.366 e. The summed E-state index contributed by atoms with van der Waals surface area (Å²) in [5.41, 5.74) is 5.63. The van der Waals surface area contributed by atoms with Crippen LogP contribution in [0.15, 0.2) is 12.4 Å². The molecule has 0 aromatic carbocycles. The number of nitrogens with two attached hydrogens (primary N) is 1. The van der Waals surface area contributed by atoms with E-state index in [1.54, 1.807) is 6.20 Å². The van der Waals surface area contributed by atoms with E-state index >= 15 is 0 Å². The molecule has 1 fully saturated rings. The van der Waals surface area contributed by atoms with Gasteiger partial charge in [-0.15, -0.1) is 0 Å². The second-order valence-corrected chi connectivity index (χ2v) is 3.57. The Balaban J connectivity index is 2.11. The van der Waals surface area contributed by atoms with Crippen molar-refractivity contribution in [1.29, 1.82) is 0 Å². The Bertz CT molecular complexity index is 327. The Labute approximate surface area is 82.3 Å². The summed E-state index contributed by atoms with van der Waals surface area (Å²) in [5, 5.41) is 7.43. The number of amides is 1. The van der Waals surface area contributed by atoms with Crippen LogP contribution in [-0.2, 0) is 0 Å². The number of hydrogen-bond acceptors (Lipinski definition) is 3. The fourth-order valence-electron chi connectivity index (χ4n) is 1.72. The third-order valence-corrected chi connectivity index (χ3v) is 2.53. The van der Waals surface area contributed by atoms with Crippen molar-refractivity contribution in [3.8, 4) is 0 Å². The largest absolute Gasteiger partial charge is 0.366 e. The fraction of sp³-hybridized carbons (Fsp3) is 0.556. The van der Waals surface area contributed by atoms with Gasteiger partial charge in [-0.2, -0.15) is 5.10 Å². The van der Waals surface area contributed by atoms with E-state index in [0.29, 0.717) is 11.6 Å². The molecule has 2 heterocycles. The lowest BCUT2D eigenvalue weighted by Crippen LogP contribution is -2.31. The number of nitrogens with one attached hydrogen (secondary N) is 1. The van der Waals surface area contributed by atoms with Crippen molar-refractivity contribution in [2.24, 2.45) is 5.73 Å². The average molecular weight is 194 g/mol. The maximum absolute atomic E-state index is 10.9. The molecule has 3 N–H and O–H groups in total. The van der Waals surface area contributed by atoms with Crippen LogP contribution >= 0.6 is 0 Å². The highest BCUT2D eigenvalue weighted by molar-refractivity contribution is 5.92. The van der Waals surface area contributed by atoms with E-state index in [9.17, 15) is 4.79 Å². The van der Waals surface area contributed by atoms with E-state index in [4.69, 9.17) is 5.73 Å². The number of aromatic nitrogens is 2. The van der Waals surface area contributed by atoms with Crippen molar-refractivity contribution < 1.29 is 4.79 Å².